The van der Waals surface area contributed by atoms with Crippen molar-refractivity contribution in [2.75, 3.05) is 36.0 Å². The van der Waals surface area contributed by atoms with E-state index in [2.05, 4.69) is 51.2 Å². The van der Waals surface area contributed by atoms with Crippen LogP contribution in [0.2, 0.25) is 0 Å². The fraction of sp³-hybridized carbons (Fsp3) is 0.259. The molecule has 0 saturated carbocycles. The van der Waals surface area contributed by atoms with Gasteiger partial charge in [-0.1, -0.05) is 46.3 Å². The van der Waals surface area contributed by atoms with Crippen molar-refractivity contribution in [3.63, 3.8) is 0 Å². The number of rotatable bonds is 4. The van der Waals surface area contributed by atoms with Crippen LogP contribution in [0.5, 0.6) is 0 Å². The van der Waals surface area contributed by atoms with E-state index in [-0.39, 0.29) is 11.8 Å². The van der Waals surface area contributed by atoms with Crippen LogP contribution in [0.1, 0.15) is 27.9 Å². The first-order valence-corrected chi connectivity index (χ1v) is 12.1. The molecule has 6 heteroatoms. The number of piperazine rings is 1. The molecule has 2 amide bonds. The summed E-state index contributed by atoms with van der Waals surface area (Å²) in [6, 6.07) is 24.1. The van der Waals surface area contributed by atoms with E-state index in [0.29, 0.717) is 26.1 Å². The molecule has 0 unspecified atom stereocenters. The monoisotopic (exact) mass is 503 g/mol. The van der Waals surface area contributed by atoms with Crippen LogP contribution in [0, 0.1) is 0 Å². The van der Waals surface area contributed by atoms with Crippen molar-refractivity contribution < 1.29 is 9.59 Å². The average molecular weight is 504 g/mol. The van der Waals surface area contributed by atoms with Gasteiger partial charge in [-0.25, -0.2) is 0 Å². The SMILES string of the molecule is O=C(c1ccc(Br)cc1)N1CCN(c2ccc3c(c2)CCC(=O)N3Cc2ccccc2)CC1. The third kappa shape index (κ3) is 4.67. The Hall–Kier alpha value is -3.12. The zero-order chi connectivity index (χ0) is 22.8. The second-order valence-electron chi connectivity index (χ2n) is 8.56. The summed E-state index contributed by atoms with van der Waals surface area (Å²) in [6.07, 6.45) is 1.31. The van der Waals surface area contributed by atoms with E-state index in [1.54, 1.807) is 0 Å². The van der Waals surface area contributed by atoms with Gasteiger partial charge in [0.25, 0.3) is 5.91 Å². The summed E-state index contributed by atoms with van der Waals surface area (Å²) in [5, 5.41) is 0. The Labute approximate surface area is 202 Å². The molecule has 3 aromatic carbocycles. The van der Waals surface area contributed by atoms with Crippen molar-refractivity contribution in [2.24, 2.45) is 0 Å². The molecule has 3 aromatic rings. The number of hydrogen-bond donors (Lipinski definition) is 0. The van der Waals surface area contributed by atoms with E-state index in [9.17, 15) is 9.59 Å². The largest absolute Gasteiger partial charge is 0.368 e. The summed E-state index contributed by atoms with van der Waals surface area (Å²) in [4.78, 5) is 31.7. The first kappa shape index (κ1) is 21.7. The standard InChI is InChI=1S/C27H26BrN3O2/c28-23-9-6-21(7-10-23)27(33)30-16-14-29(15-17-30)24-11-12-25-22(18-24)8-13-26(32)31(25)19-20-4-2-1-3-5-20/h1-7,9-12,18H,8,13-17,19H2. The molecular weight excluding hydrogens is 478 g/mol. The van der Waals surface area contributed by atoms with Gasteiger partial charge in [-0.3, -0.25) is 9.59 Å². The van der Waals surface area contributed by atoms with Crippen LogP contribution in [0.3, 0.4) is 0 Å². The Balaban J connectivity index is 1.27. The minimum atomic E-state index is 0.0858. The normalized spacial score (nSPS) is 16.0. The summed E-state index contributed by atoms with van der Waals surface area (Å²) in [6.45, 7) is 3.60. The fourth-order valence-electron chi connectivity index (χ4n) is 4.63. The summed E-state index contributed by atoms with van der Waals surface area (Å²) in [5.74, 6) is 0.266. The smallest absolute Gasteiger partial charge is 0.253 e. The molecule has 0 radical (unpaired) electrons. The third-order valence-corrected chi connectivity index (χ3v) is 7.00. The molecule has 0 spiro atoms. The Kier molecular flexibility index (Phi) is 6.18. The van der Waals surface area contributed by atoms with Crippen molar-refractivity contribution in [1.82, 2.24) is 4.90 Å². The predicted molar refractivity (Wildman–Crippen MR) is 135 cm³/mol. The lowest BCUT2D eigenvalue weighted by Crippen LogP contribution is -2.48. The Bertz CT molecular complexity index is 1160. The predicted octanol–water partition coefficient (Wildman–Crippen LogP) is 4.89. The molecule has 33 heavy (non-hydrogen) atoms. The number of halogens is 1. The molecule has 5 nitrogen and oxygen atoms in total. The number of anilines is 2. The van der Waals surface area contributed by atoms with E-state index in [0.717, 1.165) is 40.8 Å². The molecule has 0 aromatic heterocycles. The van der Waals surface area contributed by atoms with Crippen molar-refractivity contribution in [2.45, 2.75) is 19.4 Å². The van der Waals surface area contributed by atoms with E-state index >= 15 is 0 Å². The summed E-state index contributed by atoms with van der Waals surface area (Å²) in [5.41, 5.74) is 5.26. The van der Waals surface area contributed by atoms with Crippen molar-refractivity contribution in [3.8, 4) is 0 Å². The zero-order valence-electron chi connectivity index (χ0n) is 18.4. The topological polar surface area (TPSA) is 43.9 Å². The minimum absolute atomic E-state index is 0.0858. The van der Waals surface area contributed by atoms with Gasteiger partial charge in [0, 0.05) is 54.0 Å². The highest BCUT2D eigenvalue weighted by Crippen LogP contribution is 2.33. The molecule has 168 valence electrons. The molecule has 0 N–H and O–H groups in total. The van der Waals surface area contributed by atoms with Crippen LogP contribution in [-0.4, -0.2) is 42.9 Å². The Morgan fingerprint density at radius 2 is 1.58 bits per heavy atom. The highest BCUT2D eigenvalue weighted by atomic mass is 79.9. The van der Waals surface area contributed by atoms with Gasteiger partial charge in [0.05, 0.1) is 6.54 Å². The van der Waals surface area contributed by atoms with Crippen LogP contribution in [-0.2, 0) is 17.8 Å². The van der Waals surface area contributed by atoms with Crippen LogP contribution in [0.25, 0.3) is 0 Å². The molecule has 5 rings (SSSR count). The molecule has 1 saturated heterocycles. The summed E-state index contributed by atoms with van der Waals surface area (Å²) in [7, 11) is 0. The van der Waals surface area contributed by atoms with Gasteiger partial charge >= 0.3 is 0 Å². The van der Waals surface area contributed by atoms with Crippen LogP contribution >= 0.6 is 15.9 Å². The number of benzene rings is 3. The quantitative estimate of drug-likeness (QED) is 0.508. The lowest BCUT2D eigenvalue weighted by Gasteiger charge is -2.37. The van der Waals surface area contributed by atoms with Crippen molar-refractivity contribution >= 4 is 39.1 Å². The van der Waals surface area contributed by atoms with Crippen LogP contribution < -0.4 is 9.80 Å². The Morgan fingerprint density at radius 1 is 0.848 bits per heavy atom. The van der Waals surface area contributed by atoms with Gasteiger partial charge in [0.1, 0.15) is 0 Å². The molecule has 2 heterocycles. The molecule has 2 aliphatic heterocycles. The number of fused-ring (bicyclic) bond motifs is 1. The number of hydrogen-bond acceptors (Lipinski definition) is 3. The van der Waals surface area contributed by atoms with Gasteiger partial charge in [0.15, 0.2) is 0 Å². The molecular formula is C27H26BrN3O2. The minimum Gasteiger partial charge on any atom is -0.368 e. The van der Waals surface area contributed by atoms with E-state index in [1.165, 1.54) is 11.3 Å². The number of carbonyl (C=O) groups is 2. The van der Waals surface area contributed by atoms with E-state index in [1.807, 2.05) is 52.3 Å². The highest BCUT2D eigenvalue weighted by Gasteiger charge is 2.27. The Morgan fingerprint density at radius 3 is 2.30 bits per heavy atom. The number of aryl methyl sites for hydroxylation is 1. The van der Waals surface area contributed by atoms with Crippen molar-refractivity contribution in [3.05, 3.63) is 94.0 Å². The second kappa shape index (κ2) is 9.40. The first-order chi connectivity index (χ1) is 16.1. The lowest BCUT2D eigenvalue weighted by atomic mass is 9.99. The molecule has 1 fully saturated rings. The highest BCUT2D eigenvalue weighted by molar-refractivity contribution is 9.10. The molecule has 0 bridgehead atoms. The third-order valence-electron chi connectivity index (χ3n) is 6.47. The fourth-order valence-corrected chi connectivity index (χ4v) is 4.89. The number of nitrogens with zero attached hydrogens (tertiary/aromatic N) is 3. The molecule has 2 aliphatic rings. The number of carbonyl (C=O) groups excluding carboxylic acids is 2. The van der Waals surface area contributed by atoms with Gasteiger partial charge in [0.2, 0.25) is 5.91 Å². The summed E-state index contributed by atoms with van der Waals surface area (Å²) < 4.78 is 0.973. The molecule has 0 atom stereocenters. The molecule has 0 aliphatic carbocycles. The van der Waals surface area contributed by atoms with Crippen LogP contribution in [0.4, 0.5) is 11.4 Å². The maximum Gasteiger partial charge on any atom is 0.253 e. The maximum atomic E-state index is 12.8. The summed E-state index contributed by atoms with van der Waals surface area (Å²) >= 11 is 3.42. The average Bonchev–Trinajstić information content (AvgIpc) is 2.86. The maximum absolute atomic E-state index is 12.8. The van der Waals surface area contributed by atoms with E-state index < -0.39 is 0 Å². The number of amides is 2. The van der Waals surface area contributed by atoms with Gasteiger partial charge < -0.3 is 14.7 Å². The van der Waals surface area contributed by atoms with Gasteiger partial charge in [-0.2, -0.15) is 0 Å². The van der Waals surface area contributed by atoms with Gasteiger partial charge in [-0.05, 0) is 60.0 Å². The van der Waals surface area contributed by atoms with Crippen molar-refractivity contribution in [1.29, 1.82) is 0 Å². The van der Waals surface area contributed by atoms with E-state index in [4.69, 9.17) is 0 Å². The van der Waals surface area contributed by atoms with Crippen LogP contribution in [0.15, 0.2) is 77.3 Å². The zero-order valence-corrected chi connectivity index (χ0v) is 20.0. The second-order valence-corrected chi connectivity index (χ2v) is 9.48. The first-order valence-electron chi connectivity index (χ1n) is 11.4. The van der Waals surface area contributed by atoms with Gasteiger partial charge in [-0.15, -0.1) is 0 Å². The lowest BCUT2D eigenvalue weighted by molar-refractivity contribution is -0.119.